The Morgan fingerprint density at radius 3 is 2.94 bits per heavy atom. The molecule has 2 heterocycles. The molecule has 0 unspecified atom stereocenters. The molecule has 16 heavy (non-hydrogen) atoms. The van der Waals surface area contributed by atoms with Gasteiger partial charge in [-0.05, 0) is 22.0 Å². The second kappa shape index (κ2) is 5.27. The van der Waals surface area contributed by atoms with E-state index in [1.165, 1.54) is 4.88 Å². The molecule has 2 aromatic rings. The first-order valence-electron chi connectivity index (χ1n) is 4.64. The maximum absolute atomic E-state index is 5.94. The molecule has 0 aliphatic carbocycles. The topological polar surface area (TPSA) is 42.7 Å². The van der Waals surface area contributed by atoms with Crippen LogP contribution < -0.4 is 5.32 Å². The van der Waals surface area contributed by atoms with Crippen LogP contribution >= 0.6 is 38.9 Å². The van der Waals surface area contributed by atoms with Gasteiger partial charge in [-0.3, -0.25) is 4.68 Å². The van der Waals surface area contributed by atoms with Crippen LogP contribution in [-0.4, -0.2) is 14.8 Å². The number of aromatic nitrogens is 3. The zero-order chi connectivity index (χ0) is 11.5. The van der Waals surface area contributed by atoms with Crippen molar-refractivity contribution in [1.82, 2.24) is 20.1 Å². The SMILES string of the molecule is Cn1cnc(CNCc2cc(Br)c(Cl)s2)n1. The standard InChI is InChI=1S/C9H10BrClN4S/c1-15-5-13-8(14-15)4-12-3-6-2-7(10)9(11)16-6/h2,5,12H,3-4H2,1H3. The first-order valence-corrected chi connectivity index (χ1v) is 6.63. The summed E-state index contributed by atoms with van der Waals surface area (Å²) in [5, 5.41) is 7.44. The highest BCUT2D eigenvalue weighted by molar-refractivity contribution is 9.10. The first kappa shape index (κ1) is 12.0. The Balaban J connectivity index is 1.84. The lowest BCUT2D eigenvalue weighted by atomic mass is 10.4. The summed E-state index contributed by atoms with van der Waals surface area (Å²) in [6.45, 7) is 1.43. The van der Waals surface area contributed by atoms with Gasteiger partial charge in [-0.25, -0.2) is 4.98 Å². The van der Waals surface area contributed by atoms with E-state index in [1.54, 1.807) is 22.3 Å². The molecule has 0 spiro atoms. The summed E-state index contributed by atoms with van der Waals surface area (Å²) in [5.74, 6) is 0.796. The zero-order valence-corrected chi connectivity index (χ0v) is 11.7. The maximum Gasteiger partial charge on any atom is 0.164 e. The minimum absolute atomic E-state index is 0.661. The van der Waals surface area contributed by atoms with Crippen molar-refractivity contribution in [2.45, 2.75) is 13.1 Å². The van der Waals surface area contributed by atoms with Gasteiger partial charge in [0, 0.05) is 22.9 Å². The lowest BCUT2D eigenvalue weighted by Crippen LogP contribution is -2.13. The van der Waals surface area contributed by atoms with Crippen LogP contribution in [0.25, 0.3) is 0 Å². The van der Waals surface area contributed by atoms with Crippen LogP contribution in [0.3, 0.4) is 0 Å². The van der Waals surface area contributed by atoms with E-state index in [1.807, 2.05) is 13.1 Å². The Morgan fingerprint density at radius 2 is 2.38 bits per heavy atom. The summed E-state index contributed by atoms with van der Waals surface area (Å²) in [7, 11) is 1.85. The summed E-state index contributed by atoms with van der Waals surface area (Å²) in [4.78, 5) is 5.31. The number of thiophene rings is 1. The normalized spacial score (nSPS) is 10.9. The maximum atomic E-state index is 5.94. The van der Waals surface area contributed by atoms with Crippen LogP contribution in [0.15, 0.2) is 16.9 Å². The molecule has 0 aliphatic heterocycles. The predicted molar refractivity (Wildman–Crippen MR) is 68.6 cm³/mol. The third-order valence-corrected chi connectivity index (χ3v) is 4.40. The van der Waals surface area contributed by atoms with E-state index < -0.39 is 0 Å². The molecule has 0 bridgehead atoms. The molecule has 4 nitrogen and oxygen atoms in total. The van der Waals surface area contributed by atoms with Gasteiger partial charge in [0.05, 0.1) is 6.54 Å². The highest BCUT2D eigenvalue weighted by Crippen LogP contribution is 2.31. The largest absolute Gasteiger partial charge is 0.305 e. The predicted octanol–water partition coefficient (Wildman–Crippen LogP) is 2.58. The van der Waals surface area contributed by atoms with Gasteiger partial charge in [0.25, 0.3) is 0 Å². The molecule has 0 saturated carbocycles. The molecule has 0 amide bonds. The summed E-state index contributed by atoms with van der Waals surface area (Å²) < 4.78 is 3.43. The van der Waals surface area contributed by atoms with Crippen LogP contribution in [0, 0.1) is 0 Å². The number of nitrogens with zero attached hydrogens (tertiary/aromatic N) is 3. The number of hydrogen-bond donors (Lipinski definition) is 1. The molecule has 0 radical (unpaired) electrons. The summed E-state index contributed by atoms with van der Waals surface area (Å²) in [5.41, 5.74) is 0. The van der Waals surface area contributed by atoms with Crippen molar-refractivity contribution in [2.75, 3.05) is 0 Å². The molecule has 0 atom stereocenters. The van der Waals surface area contributed by atoms with Gasteiger partial charge in [-0.2, -0.15) is 5.10 Å². The van der Waals surface area contributed by atoms with Crippen molar-refractivity contribution in [3.05, 3.63) is 31.9 Å². The fourth-order valence-electron chi connectivity index (χ4n) is 1.24. The van der Waals surface area contributed by atoms with Crippen LogP contribution in [0.4, 0.5) is 0 Å². The van der Waals surface area contributed by atoms with Gasteiger partial charge >= 0.3 is 0 Å². The highest BCUT2D eigenvalue weighted by atomic mass is 79.9. The fraction of sp³-hybridized carbons (Fsp3) is 0.333. The van der Waals surface area contributed by atoms with Crippen molar-refractivity contribution in [2.24, 2.45) is 7.05 Å². The van der Waals surface area contributed by atoms with Crippen LogP contribution in [0.5, 0.6) is 0 Å². The van der Waals surface area contributed by atoms with Crippen molar-refractivity contribution in [3.63, 3.8) is 0 Å². The van der Waals surface area contributed by atoms with Gasteiger partial charge in [-0.1, -0.05) is 11.6 Å². The minimum Gasteiger partial charge on any atom is -0.305 e. The second-order valence-electron chi connectivity index (χ2n) is 3.27. The summed E-state index contributed by atoms with van der Waals surface area (Å²) in [6.07, 6.45) is 1.69. The number of hydrogen-bond acceptors (Lipinski definition) is 4. The van der Waals surface area contributed by atoms with E-state index in [0.717, 1.165) is 21.2 Å². The Bertz CT molecular complexity index is 462. The molecule has 1 N–H and O–H groups in total. The lowest BCUT2D eigenvalue weighted by Gasteiger charge is -1.98. The number of nitrogens with one attached hydrogen (secondary N) is 1. The van der Waals surface area contributed by atoms with E-state index in [0.29, 0.717) is 6.54 Å². The summed E-state index contributed by atoms with van der Waals surface area (Å²) >= 11 is 10.9. The van der Waals surface area contributed by atoms with E-state index in [4.69, 9.17) is 11.6 Å². The molecule has 7 heteroatoms. The average Bonchev–Trinajstić information content (AvgIpc) is 2.75. The van der Waals surface area contributed by atoms with E-state index >= 15 is 0 Å². The second-order valence-corrected chi connectivity index (χ2v) is 5.87. The molecule has 0 fully saturated rings. The van der Waals surface area contributed by atoms with E-state index in [9.17, 15) is 0 Å². The third-order valence-electron chi connectivity index (χ3n) is 1.93. The van der Waals surface area contributed by atoms with Gasteiger partial charge in [0.15, 0.2) is 5.82 Å². The van der Waals surface area contributed by atoms with Crippen LogP contribution in [-0.2, 0) is 20.1 Å². The van der Waals surface area contributed by atoms with Gasteiger partial charge in [0.1, 0.15) is 10.7 Å². The molecule has 0 saturated heterocycles. The third kappa shape index (κ3) is 3.04. The number of aryl methyl sites for hydroxylation is 1. The molecule has 0 aliphatic rings. The van der Waals surface area contributed by atoms with Gasteiger partial charge < -0.3 is 5.32 Å². The molecular formula is C9H10BrClN4S. The first-order chi connectivity index (χ1) is 7.65. The Hall–Kier alpha value is -0.430. The lowest BCUT2D eigenvalue weighted by molar-refractivity contribution is 0.654. The van der Waals surface area contributed by atoms with E-state index in [-0.39, 0.29) is 0 Å². The monoisotopic (exact) mass is 320 g/mol. The van der Waals surface area contributed by atoms with Crippen molar-refractivity contribution in [3.8, 4) is 0 Å². The van der Waals surface area contributed by atoms with Crippen molar-refractivity contribution in [1.29, 1.82) is 0 Å². The van der Waals surface area contributed by atoms with E-state index in [2.05, 4.69) is 31.3 Å². The van der Waals surface area contributed by atoms with Crippen LogP contribution in [0.1, 0.15) is 10.7 Å². The quantitative estimate of drug-likeness (QED) is 0.941. The summed E-state index contributed by atoms with van der Waals surface area (Å²) in [6, 6.07) is 2.02. The Kier molecular flexibility index (Phi) is 3.96. The fourth-order valence-corrected chi connectivity index (χ4v) is 3.00. The Labute approximate surface area is 111 Å². The molecule has 86 valence electrons. The molecule has 2 aromatic heterocycles. The number of halogens is 2. The van der Waals surface area contributed by atoms with Crippen molar-refractivity contribution >= 4 is 38.9 Å². The molecular weight excluding hydrogens is 312 g/mol. The highest BCUT2D eigenvalue weighted by Gasteiger charge is 2.04. The van der Waals surface area contributed by atoms with Crippen molar-refractivity contribution < 1.29 is 0 Å². The van der Waals surface area contributed by atoms with Gasteiger partial charge in [0.2, 0.25) is 0 Å². The number of rotatable bonds is 4. The minimum atomic E-state index is 0.661. The van der Waals surface area contributed by atoms with Gasteiger partial charge in [-0.15, -0.1) is 11.3 Å². The smallest absolute Gasteiger partial charge is 0.164 e. The Morgan fingerprint density at radius 1 is 1.56 bits per heavy atom. The zero-order valence-electron chi connectivity index (χ0n) is 8.57. The average molecular weight is 322 g/mol. The molecule has 0 aromatic carbocycles. The molecule has 2 rings (SSSR count). The van der Waals surface area contributed by atoms with Crippen LogP contribution in [0.2, 0.25) is 4.34 Å².